The number of carbonyl (C=O) groups is 2. The summed E-state index contributed by atoms with van der Waals surface area (Å²) in [6.45, 7) is 1.63. The van der Waals surface area contributed by atoms with Crippen molar-refractivity contribution in [3.8, 4) is 5.75 Å². The lowest BCUT2D eigenvalue weighted by Gasteiger charge is -2.32. The molecule has 186 valence electrons. The summed E-state index contributed by atoms with van der Waals surface area (Å²) in [5.74, 6) is 1.39. The highest BCUT2D eigenvalue weighted by Gasteiger charge is 2.36. The summed E-state index contributed by atoms with van der Waals surface area (Å²) in [5.41, 5.74) is 2.60. The van der Waals surface area contributed by atoms with E-state index in [9.17, 15) is 9.59 Å². The maximum atomic E-state index is 13.4. The number of para-hydroxylation sites is 1. The first-order chi connectivity index (χ1) is 17.6. The van der Waals surface area contributed by atoms with Gasteiger partial charge in [0.2, 0.25) is 5.91 Å². The van der Waals surface area contributed by atoms with Crippen molar-refractivity contribution < 1.29 is 18.7 Å². The average molecular weight is 487 g/mol. The maximum absolute atomic E-state index is 13.4. The number of nitrogens with one attached hydrogen (secondary N) is 1. The first-order valence-electron chi connectivity index (χ1n) is 12.3. The molecule has 2 aliphatic rings. The fraction of sp³-hybridized carbons (Fsp3) is 0.321. The molecule has 2 aliphatic heterocycles. The Labute approximate surface area is 210 Å². The number of likely N-dealkylation sites (tertiary alicyclic amines) is 1. The van der Waals surface area contributed by atoms with Crippen molar-refractivity contribution in [2.24, 2.45) is 11.0 Å². The zero-order valence-corrected chi connectivity index (χ0v) is 20.3. The lowest BCUT2D eigenvalue weighted by atomic mass is 9.95. The molecule has 3 aromatic rings. The Morgan fingerprint density at radius 2 is 1.78 bits per heavy atom. The topological polar surface area (TPSA) is 87.4 Å². The first-order valence-corrected chi connectivity index (χ1v) is 12.3. The van der Waals surface area contributed by atoms with Gasteiger partial charge in [0.25, 0.3) is 5.91 Å². The molecule has 1 aromatic heterocycles. The van der Waals surface area contributed by atoms with Gasteiger partial charge in [0, 0.05) is 18.0 Å². The molecule has 1 N–H and O–H groups in total. The molecule has 0 radical (unpaired) electrons. The summed E-state index contributed by atoms with van der Waals surface area (Å²) in [6.07, 6.45) is 3.63. The van der Waals surface area contributed by atoms with E-state index in [0.717, 1.165) is 22.7 Å². The SMILES string of the molecule is COc1ccc(C2=NN(C(=O)CN3CCC(C(=O)Nc4ccccc4)CC3)[C@H](c3ccco3)C2)cc1. The lowest BCUT2D eigenvalue weighted by molar-refractivity contribution is -0.135. The molecule has 1 saturated heterocycles. The van der Waals surface area contributed by atoms with E-state index in [0.29, 0.717) is 38.1 Å². The molecule has 0 saturated carbocycles. The normalized spacial score (nSPS) is 18.6. The zero-order chi connectivity index (χ0) is 24.9. The Morgan fingerprint density at radius 1 is 1.03 bits per heavy atom. The second kappa shape index (κ2) is 10.8. The number of hydrazone groups is 1. The molecule has 0 bridgehead atoms. The van der Waals surface area contributed by atoms with Gasteiger partial charge in [0.1, 0.15) is 17.6 Å². The van der Waals surface area contributed by atoms with Crippen LogP contribution in [0.5, 0.6) is 5.75 Å². The number of hydrogen-bond donors (Lipinski definition) is 1. The van der Waals surface area contributed by atoms with Gasteiger partial charge in [-0.15, -0.1) is 0 Å². The van der Waals surface area contributed by atoms with Crippen LogP contribution in [0.3, 0.4) is 0 Å². The van der Waals surface area contributed by atoms with Gasteiger partial charge in [-0.1, -0.05) is 18.2 Å². The molecule has 8 heteroatoms. The molecule has 8 nitrogen and oxygen atoms in total. The van der Waals surface area contributed by atoms with Crippen LogP contribution >= 0.6 is 0 Å². The Hall–Kier alpha value is -3.91. The number of methoxy groups -OCH3 is 1. The van der Waals surface area contributed by atoms with Crippen LogP contribution in [0.1, 0.15) is 36.6 Å². The maximum Gasteiger partial charge on any atom is 0.257 e. The van der Waals surface area contributed by atoms with E-state index >= 15 is 0 Å². The number of furan rings is 1. The van der Waals surface area contributed by atoms with Gasteiger partial charge < -0.3 is 14.5 Å². The molecule has 3 heterocycles. The second-order valence-electron chi connectivity index (χ2n) is 9.15. The van der Waals surface area contributed by atoms with Gasteiger partial charge >= 0.3 is 0 Å². The second-order valence-corrected chi connectivity index (χ2v) is 9.15. The lowest BCUT2D eigenvalue weighted by Crippen LogP contribution is -2.43. The molecule has 5 rings (SSSR count). The smallest absolute Gasteiger partial charge is 0.257 e. The summed E-state index contributed by atoms with van der Waals surface area (Å²) in [6, 6.07) is 20.6. The summed E-state index contributed by atoms with van der Waals surface area (Å²) in [7, 11) is 1.63. The number of anilines is 1. The standard InChI is InChI=1S/C28H30N4O4/c1-35-23-11-9-20(10-12-23)24-18-25(26-8-5-17-36-26)32(30-24)27(33)19-31-15-13-21(14-16-31)28(34)29-22-6-3-2-4-7-22/h2-12,17,21,25H,13-16,18-19H2,1H3,(H,29,34)/t25-/m0/s1. The van der Waals surface area contributed by atoms with Gasteiger partial charge in [-0.3, -0.25) is 14.5 Å². The van der Waals surface area contributed by atoms with E-state index in [1.807, 2.05) is 66.7 Å². The number of rotatable bonds is 7. The van der Waals surface area contributed by atoms with E-state index in [1.54, 1.807) is 18.4 Å². The van der Waals surface area contributed by atoms with Crippen molar-refractivity contribution in [3.63, 3.8) is 0 Å². The Bertz CT molecular complexity index is 1200. The van der Waals surface area contributed by atoms with E-state index in [2.05, 4.69) is 10.2 Å². The highest BCUT2D eigenvalue weighted by molar-refractivity contribution is 6.03. The third-order valence-electron chi connectivity index (χ3n) is 6.82. The van der Waals surface area contributed by atoms with Crippen LogP contribution in [0.15, 0.2) is 82.5 Å². The molecule has 0 unspecified atom stereocenters. The Morgan fingerprint density at radius 3 is 2.44 bits per heavy atom. The largest absolute Gasteiger partial charge is 0.497 e. The van der Waals surface area contributed by atoms with Crippen LogP contribution < -0.4 is 10.1 Å². The third-order valence-corrected chi connectivity index (χ3v) is 6.82. The first kappa shape index (κ1) is 23.8. The van der Waals surface area contributed by atoms with E-state index < -0.39 is 0 Å². The molecule has 0 spiro atoms. The molecule has 0 aliphatic carbocycles. The number of nitrogens with zero attached hydrogens (tertiary/aromatic N) is 3. The van der Waals surface area contributed by atoms with Crippen molar-refractivity contribution in [1.29, 1.82) is 0 Å². The van der Waals surface area contributed by atoms with Crippen molar-refractivity contribution in [1.82, 2.24) is 9.91 Å². The summed E-state index contributed by atoms with van der Waals surface area (Å²) < 4.78 is 10.9. The number of piperidine rings is 1. The number of benzene rings is 2. The minimum Gasteiger partial charge on any atom is -0.497 e. The fourth-order valence-corrected chi connectivity index (χ4v) is 4.78. The monoisotopic (exact) mass is 486 g/mol. The van der Waals surface area contributed by atoms with Crippen LogP contribution in [0.4, 0.5) is 5.69 Å². The molecule has 1 fully saturated rings. The number of amides is 2. The minimum atomic E-state index is -0.279. The van der Waals surface area contributed by atoms with Gasteiger partial charge in [-0.05, 0) is 80.0 Å². The summed E-state index contributed by atoms with van der Waals surface area (Å²) in [4.78, 5) is 28.1. The van der Waals surface area contributed by atoms with Crippen LogP contribution in [-0.2, 0) is 9.59 Å². The van der Waals surface area contributed by atoms with Crippen LogP contribution in [-0.4, -0.2) is 54.2 Å². The van der Waals surface area contributed by atoms with E-state index in [1.165, 1.54) is 0 Å². The predicted octanol–water partition coefficient (Wildman–Crippen LogP) is 4.32. The fourth-order valence-electron chi connectivity index (χ4n) is 4.78. The number of hydrogen-bond acceptors (Lipinski definition) is 6. The van der Waals surface area contributed by atoms with Gasteiger partial charge in [-0.25, -0.2) is 5.01 Å². The third kappa shape index (κ3) is 5.33. The van der Waals surface area contributed by atoms with Crippen LogP contribution in [0.25, 0.3) is 0 Å². The zero-order valence-electron chi connectivity index (χ0n) is 20.3. The Kier molecular flexibility index (Phi) is 7.13. The van der Waals surface area contributed by atoms with Crippen molar-refractivity contribution in [3.05, 3.63) is 84.3 Å². The van der Waals surface area contributed by atoms with Crippen LogP contribution in [0, 0.1) is 5.92 Å². The number of carbonyl (C=O) groups excluding carboxylic acids is 2. The summed E-state index contributed by atoms with van der Waals surface area (Å²) in [5, 5.41) is 9.27. The Balaban J connectivity index is 1.22. The average Bonchev–Trinajstić information content (AvgIpc) is 3.60. The molecular formula is C28H30N4O4. The highest BCUT2D eigenvalue weighted by atomic mass is 16.5. The predicted molar refractivity (Wildman–Crippen MR) is 137 cm³/mol. The summed E-state index contributed by atoms with van der Waals surface area (Å²) >= 11 is 0. The quantitative estimate of drug-likeness (QED) is 0.538. The van der Waals surface area contributed by atoms with Crippen molar-refractivity contribution in [2.75, 3.05) is 32.1 Å². The van der Waals surface area contributed by atoms with Gasteiger partial charge in [-0.2, -0.15) is 5.10 Å². The minimum absolute atomic E-state index is 0.0401. The van der Waals surface area contributed by atoms with Crippen molar-refractivity contribution >= 4 is 23.2 Å². The van der Waals surface area contributed by atoms with Crippen molar-refractivity contribution in [2.45, 2.75) is 25.3 Å². The molecule has 1 atom stereocenters. The molecule has 2 amide bonds. The highest BCUT2D eigenvalue weighted by Crippen LogP contribution is 2.33. The molecule has 36 heavy (non-hydrogen) atoms. The number of ether oxygens (including phenoxy) is 1. The molecular weight excluding hydrogens is 456 g/mol. The molecule has 2 aromatic carbocycles. The van der Waals surface area contributed by atoms with E-state index in [-0.39, 0.29) is 30.3 Å². The van der Waals surface area contributed by atoms with Crippen LogP contribution in [0.2, 0.25) is 0 Å². The van der Waals surface area contributed by atoms with Gasteiger partial charge in [0.05, 0.1) is 25.6 Å². The van der Waals surface area contributed by atoms with E-state index in [4.69, 9.17) is 14.3 Å². The van der Waals surface area contributed by atoms with Gasteiger partial charge in [0.15, 0.2) is 0 Å².